The fourth-order valence-electron chi connectivity index (χ4n) is 2.65. The van der Waals surface area contributed by atoms with Gasteiger partial charge in [-0.25, -0.2) is 4.79 Å². The summed E-state index contributed by atoms with van der Waals surface area (Å²) in [7, 11) is 0. The Morgan fingerprint density at radius 2 is 1.96 bits per heavy atom. The first kappa shape index (κ1) is 17.3. The Bertz CT molecular complexity index is 552. The minimum atomic E-state index is -0.982. The topological polar surface area (TPSA) is 84.9 Å². The molecule has 1 fully saturated rings. The fourth-order valence-corrected chi connectivity index (χ4v) is 2.65. The van der Waals surface area contributed by atoms with Gasteiger partial charge in [0.1, 0.15) is 11.5 Å². The molecule has 23 heavy (non-hydrogen) atoms. The third kappa shape index (κ3) is 4.96. The first-order chi connectivity index (χ1) is 10.8. The summed E-state index contributed by atoms with van der Waals surface area (Å²) in [5, 5.41) is 12.1. The number of benzene rings is 1. The molecular formula is C17H23NO5. The van der Waals surface area contributed by atoms with Crippen LogP contribution in [-0.2, 0) is 20.7 Å². The maximum absolute atomic E-state index is 11.9. The van der Waals surface area contributed by atoms with E-state index in [1.807, 2.05) is 30.3 Å². The Morgan fingerprint density at radius 1 is 1.30 bits per heavy atom. The van der Waals surface area contributed by atoms with Crippen molar-refractivity contribution < 1.29 is 24.2 Å². The second-order valence-electron chi connectivity index (χ2n) is 6.68. The van der Waals surface area contributed by atoms with Crippen LogP contribution in [-0.4, -0.2) is 41.5 Å². The summed E-state index contributed by atoms with van der Waals surface area (Å²) >= 11 is 0. The van der Waals surface area contributed by atoms with Gasteiger partial charge in [0.25, 0.3) is 0 Å². The monoisotopic (exact) mass is 321 g/mol. The second-order valence-corrected chi connectivity index (χ2v) is 6.68. The van der Waals surface area contributed by atoms with E-state index in [2.05, 4.69) is 5.32 Å². The van der Waals surface area contributed by atoms with Crippen LogP contribution in [0.1, 0.15) is 26.3 Å². The number of nitrogens with one attached hydrogen (secondary N) is 1. The summed E-state index contributed by atoms with van der Waals surface area (Å²) in [5.74, 6) is -1.78. The molecule has 0 spiro atoms. The molecule has 1 aromatic carbocycles. The highest BCUT2D eigenvalue weighted by molar-refractivity contribution is 5.74. The van der Waals surface area contributed by atoms with E-state index in [1.54, 1.807) is 20.8 Å². The molecule has 2 N–H and O–H groups in total. The maximum Gasteiger partial charge on any atom is 0.407 e. The average Bonchev–Trinajstić information content (AvgIpc) is 2.80. The highest BCUT2D eigenvalue weighted by Crippen LogP contribution is 2.25. The van der Waals surface area contributed by atoms with Crippen molar-refractivity contribution >= 4 is 12.1 Å². The molecule has 1 aromatic rings. The molecule has 1 aliphatic heterocycles. The van der Waals surface area contributed by atoms with E-state index in [4.69, 9.17) is 9.47 Å². The Morgan fingerprint density at radius 3 is 2.52 bits per heavy atom. The molecule has 0 radical (unpaired) electrons. The molecule has 1 aliphatic rings. The van der Waals surface area contributed by atoms with E-state index in [0.29, 0.717) is 6.42 Å². The molecule has 1 amide bonds. The maximum atomic E-state index is 11.9. The Labute approximate surface area is 135 Å². The van der Waals surface area contributed by atoms with Crippen LogP contribution in [0, 0.1) is 5.92 Å². The Hall–Kier alpha value is -2.08. The Kier molecular flexibility index (Phi) is 5.26. The van der Waals surface area contributed by atoms with Crippen LogP contribution >= 0.6 is 0 Å². The van der Waals surface area contributed by atoms with Crippen LogP contribution in [0.15, 0.2) is 30.3 Å². The predicted octanol–water partition coefficient (Wildman–Crippen LogP) is 2.22. The van der Waals surface area contributed by atoms with Gasteiger partial charge in [0, 0.05) is 0 Å². The molecule has 1 saturated heterocycles. The van der Waals surface area contributed by atoms with Crippen molar-refractivity contribution in [3.8, 4) is 0 Å². The molecule has 1 unspecified atom stereocenters. The van der Waals surface area contributed by atoms with E-state index >= 15 is 0 Å². The van der Waals surface area contributed by atoms with Crippen LogP contribution in [0.25, 0.3) is 0 Å². The van der Waals surface area contributed by atoms with Gasteiger partial charge in [0.2, 0.25) is 0 Å². The van der Waals surface area contributed by atoms with Crippen molar-refractivity contribution in [2.24, 2.45) is 5.92 Å². The molecule has 0 aliphatic carbocycles. The van der Waals surface area contributed by atoms with Crippen LogP contribution < -0.4 is 5.32 Å². The first-order valence-electron chi connectivity index (χ1n) is 7.64. The largest absolute Gasteiger partial charge is 0.481 e. The van der Waals surface area contributed by atoms with Crippen LogP contribution in [0.2, 0.25) is 0 Å². The molecule has 6 heteroatoms. The minimum absolute atomic E-state index is 0.160. The van der Waals surface area contributed by atoms with Gasteiger partial charge in [0.15, 0.2) is 0 Å². The number of carbonyl (C=O) groups is 2. The summed E-state index contributed by atoms with van der Waals surface area (Å²) in [4.78, 5) is 23.5. The summed E-state index contributed by atoms with van der Waals surface area (Å²) in [6, 6.07) is 8.96. The second kappa shape index (κ2) is 7.00. The standard InChI is InChI=1S/C17H23NO5/c1-17(2,3)23-16(21)18-12-10-22-13(14(12)15(19)20)9-11-7-5-4-6-8-11/h4-8,12-14H,9-10H2,1-3H3,(H,18,21)(H,19,20)/t12-,13?,14+/m0/s1. The predicted molar refractivity (Wildman–Crippen MR) is 84.2 cm³/mol. The smallest absolute Gasteiger partial charge is 0.407 e. The third-order valence-corrected chi connectivity index (χ3v) is 3.59. The zero-order valence-corrected chi connectivity index (χ0v) is 13.6. The first-order valence-corrected chi connectivity index (χ1v) is 7.64. The van der Waals surface area contributed by atoms with Crippen molar-refractivity contribution in [2.75, 3.05) is 6.61 Å². The molecule has 6 nitrogen and oxygen atoms in total. The highest BCUT2D eigenvalue weighted by atomic mass is 16.6. The van der Waals surface area contributed by atoms with Crippen molar-refractivity contribution in [3.05, 3.63) is 35.9 Å². The van der Waals surface area contributed by atoms with E-state index in [0.717, 1.165) is 5.56 Å². The van der Waals surface area contributed by atoms with Crippen molar-refractivity contribution in [1.82, 2.24) is 5.32 Å². The van der Waals surface area contributed by atoms with Gasteiger partial charge in [-0.1, -0.05) is 30.3 Å². The number of alkyl carbamates (subject to hydrolysis) is 1. The highest BCUT2D eigenvalue weighted by Gasteiger charge is 2.43. The summed E-state index contributed by atoms with van der Waals surface area (Å²) in [5.41, 5.74) is 0.368. The molecule has 126 valence electrons. The lowest BCUT2D eigenvalue weighted by atomic mass is 9.92. The number of rotatable bonds is 4. The normalized spacial score (nSPS) is 24.2. The van der Waals surface area contributed by atoms with E-state index in [1.165, 1.54) is 0 Å². The third-order valence-electron chi connectivity index (χ3n) is 3.59. The zero-order valence-electron chi connectivity index (χ0n) is 13.6. The van der Waals surface area contributed by atoms with Crippen molar-refractivity contribution in [2.45, 2.75) is 44.9 Å². The van der Waals surface area contributed by atoms with Crippen molar-refractivity contribution in [3.63, 3.8) is 0 Å². The summed E-state index contributed by atoms with van der Waals surface area (Å²) in [6.07, 6.45) is -0.614. The number of hydrogen-bond acceptors (Lipinski definition) is 4. The van der Waals surface area contributed by atoms with Gasteiger partial charge in [-0.3, -0.25) is 4.79 Å². The molecule has 0 aromatic heterocycles. The van der Waals surface area contributed by atoms with Crippen LogP contribution in [0.4, 0.5) is 4.79 Å². The molecule has 2 rings (SSSR count). The summed E-state index contributed by atoms with van der Waals surface area (Å²) in [6.45, 7) is 5.42. The lowest BCUT2D eigenvalue weighted by Crippen LogP contribution is -2.46. The quantitative estimate of drug-likeness (QED) is 0.888. The number of carbonyl (C=O) groups excluding carboxylic acids is 1. The zero-order chi connectivity index (χ0) is 17.0. The Balaban J connectivity index is 2.02. The van der Waals surface area contributed by atoms with E-state index < -0.39 is 35.7 Å². The van der Waals surface area contributed by atoms with E-state index in [-0.39, 0.29) is 6.61 Å². The number of amides is 1. The molecule has 3 atom stereocenters. The average molecular weight is 321 g/mol. The number of hydrogen-bond donors (Lipinski definition) is 2. The van der Waals surface area contributed by atoms with Crippen molar-refractivity contribution in [1.29, 1.82) is 0 Å². The minimum Gasteiger partial charge on any atom is -0.481 e. The van der Waals surface area contributed by atoms with Gasteiger partial charge in [-0.2, -0.15) is 0 Å². The number of carboxylic acid groups (broad SMARTS) is 1. The number of ether oxygens (including phenoxy) is 2. The summed E-state index contributed by atoms with van der Waals surface area (Å²) < 4.78 is 10.8. The fraction of sp³-hybridized carbons (Fsp3) is 0.529. The number of carboxylic acids is 1. The lowest BCUT2D eigenvalue weighted by Gasteiger charge is -2.23. The van der Waals surface area contributed by atoms with Crippen LogP contribution in [0.3, 0.4) is 0 Å². The van der Waals surface area contributed by atoms with Gasteiger partial charge in [-0.05, 0) is 32.8 Å². The van der Waals surface area contributed by atoms with Gasteiger partial charge in [-0.15, -0.1) is 0 Å². The SMILES string of the molecule is CC(C)(C)OC(=O)N[C@H]1COC(Cc2ccccc2)[C@@H]1C(=O)O. The molecule has 0 saturated carbocycles. The lowest BCUT2D eigenvalue weighted by molar-refractivity contribution is -0.144. The molecule has 0 bridgehead atoms. The van der Waals surface area contributed by atoms with Gasteiger partial charge >= 0.3 is 12.1 Å². The van der Waals surface area contributed by atoms with Crippen LogP contribution in [0.5, 0.6) is 0 Å². The van der Waals surface area contributed by atoms with E-state index in [9.17, 15) is 14.7 Å². The van der Waals surface area contributed by atoms with Gasteiger partial charge < -0.3 is 19.9 Å². The van der Waals surface area contributed by atoms with Gasteiger partial charge in [0.05, 0.1) is 18.8 Å². The molecule has 1 heterocycles. The number of aliphatic carboxylic acids is 1. The molecular weight excluding hydrogens is 298 g/mol.